The normalized spacial score (nSPS) is 10.8. The lowest BCUT2D eigenvalue weighted by atomic mass is 10.2. The molecule has 0 bridgehead atoms. The third kappa shape index (κ3) is 4.51. The van der Waals surface area contributed by atoms with Crippen LogP contribution in [0.4, 0.5) is 0 Å². The third-order valence-electron chi connectivity index (χ3n) is 3.96. The van der Waals surface area contributed by atoms with Gasteiger partial charge in [-0.15, -0.1) is 11.8 Å². The fraction of sp³-hybridized carbons (Fsp3) is 0.333. The number of aryl methyl sites for hydroxylation is 3. The first-order chi connectivity index (χ1) is 12.6. The molecule has 1 amide bonds. The van der Waals surface area contributed by atoms with E-state index in [1.54, 1.807) is 24.5 Å². The Kier molecular flexibility index (Phi) is 6.06. The van der Waals surface area contributed by atoms with E-state index in [-0.39, 0.29) is 5.91 Å². The van der Waals surface area contributed by atoms with E-state index in [9.17, 15) is 4.79 Å². The lowest BCUT2D eigenvalue weighted by Gasteiger charge is -2.09. The van der Waals surface area contributed by atoms with Crippen LogP contribution in [0, 0.1) is 13.8 Å². The molecule has 3 aromatic rings. The predicted molar refractivity (Wildman–Crippen MR) is 99.0 cm³/mol. The number of nitrogens with one attached hydrogen (secondary N) is 1. The minimum Gasteiger partial charge on any atom is -0.361 e. The summed E-state index contributed by atoms with van der Waals surface area (Å²) < 4.78 is 7.04. The van der Waals surface area contributed by atoms with Gasteiger partial charge in [0.2, 0.25) is 0 Å². The zero-order chi connectivity index (χ0) is 18.4. The van der Waals surface area contributed by atoms with Gasteiger partial charge in [0.1, 0.15) is 10.8 Å². The van der Waals surface area contributed by atoms with Gasteiger partial charge in [0, 0.05) is 43.0 Å². The molecule has 26 heavy (non-hydrogen) atoms. The van der Waals surface area contributed by atoms with Crippen LogP contribution in [0.2, 0.25) is 0 Å². The van der Waals surface area contributed by atoms with Crippen LogP contribution in [0.5, 0.6) is 0 Å². The highest BCUT2D eigenvalue weighted by molar-refractivity contribution is 7.98. The van der Waals surface area contributed by atoms with Crippen LogP contribution < -0.4 is 5.32 Å². The minimum absolute atomic E-state index is 0.111. The van der Waals surface area contributed by atoms with Crippen LogP contribution >= 0.6 is 11.8 Å². The Morgan fingerprint density at radius 2 is 2.19 bits per heavy atom. The predicted octanol–water partition coefficient (Wildman–Crippen LogP) is 3.00. The summed E-state index contributed by atoms with van der Waals surface area (Å²) in [7, 11) is 0. The van der Waals surface area contributed by atoms with E-state index in [1.165, 1.54) is 11.8 Å². The summed E-state index contributed by atoms with van der Waals surface area (Å²) >= 11 is 1.51. The van der Waals surface area contributed by atoms with Crippen LogP contribution in [0.25, 0.3) is 0 Å². The summed E-state index contributed by atoms with van der Waals surface area (Å²) in [6, 6.07) is 5.46. The van der Waals surface area contributed by atoms with Crippen molar-refractivity contribution in [3.63, 3.8) is 0 Å². The van der Waals surface area contributed by atoms with E-state index in [4.69, 9.17) is 4.52 Å². The zero-order valence-corrected chi connectivity index (χ0v) is 15.6. The summed E-state index contributed by atoms with van der Waals surface area (Å²) in [6.07, 6.45) is 6.17. The van der Waals surface area contributed by atoms with Gasteiger partial charge in [-0.05, 0) is 38.5 Å². The molecule has 8 heteroatoms. The number of nitrogens with zero attached hydrogens (tertiary/aromatic N) is 4. The van der Waals surface area contributed by atoms with E-state index in [0.717, 1.165) is 30.0 Å². The van der Waals surface area contributed by atoms with E-state index in [2.05, 4.69) is 20.6 Å². The standard InChI is InChI=1S/C18H21N5O2S/c1-13-16(14(2)25-22-13)12-26-18-15(6-3-7-20-18)17(24)19-8-4-10-23-11-5-9-21-23/h3,5-7,9,11H,4,8,10,12H2,1-2H3,(H,19,24). The van der Waals surface area contributed by atoms with Crippen molar-refractivity contribution in [1.82, 2.24) is 25.2 Å². The van der Waals surface area contributed by atoms with Crippen LogP contribution in [0.1, 0.15) is 33.8 Å². The lowest BCUT2D eigenvalue weighted by molar-refractivity contribution is 0.0949. The van der Waals surface area contributed by atoms with Crippen molar-refractivity contribution in [2.24, 2.45) is 0 Å². The first-order valence-corrected chi connectivity index (χ1v) is 9.39. The summed E-state index contributed by atoms with van der Waals surface area (Å²) in [5.74, 6) is 1.35. The molecule has 3 heterocycles. The van der Waals surface area contributed by atoms with Crippen LogP contribution in [0.3, 0.4) is 0 Å². The van der Waals surface area contributed by atoms with Gasteiger partial charge in [-0.1, -0.05) is 5.16 Å². The molecule has 0 aromatic carbocycles. The maximum absolute atomic E-state index is 12.5. The van der Waals surface area contributed by atoms with Gasteiger partial charge >= 0.3 is 0 Å². The SMILES string of the molecule is Cc1noc(C)c1CSc1ncccc1C(=O)NCCCn1cccn1. The van der Waals surface area contributed by atoms with E-state index >= 15 is 0 Å². The molecule has 136 valence electrons. The fourth-order valence-electron chi connectivity index (χ4n) is 2.50. The van der Waals surface area contributed by atoms with Gasteiger partial charge in [-0.25, -0.2) is 4.98 Å². The van der Waals surface area contributed by atoms with Crippen molar-refractivity contribution in [2.45, 2.75) is 37.6 Å². The Bertz CT molecular complexity index is 841. The van der Waals surface area contributed by atoms with Gasteiger partial charge in [-0.3, -0.25) is 9.48 Å². The fourth-order valence-corrected chi connectivity index (χ4v) is 3.64. The van der Waals surface area contributed by atoms with Gasteiger partial charge in [0.25, 0.3) is 5.91 Å². The summed E-state index contributed by atoms with van der Waals surface area (Å²) in [5, 5.41) is 11.8. The number of hydrogen-bond donors (Lipinski definition) is 1. The second-order valence-electron chi connectivity index (χ2n) is 5.83. The van der Waals surface area contributed by atoms with Gasteiger partial charge in [0.15, 0.2) is 0 Å². The van der Waals surface area contributed by atoms with Crippen molar-refractivity contribution in [2.75, 3.05) is 6.54 Å². The van der Waals surface area contributed by atoms with Gasteiger partial charge < -0.3 is 9.84 Å². The first-order valence-electron chi connectivity index (χ1n) is 8.40. The van der Waals surface area contributed by atoms with Crippen LogP contribution in [-0.2, 0) is 12.3 Å². The van der Waals surface area contributed by atoms with Gasteiger partial charge in [-0.2, -0.15) is 5.10 Å². The first kappa shape index (κ1) is 18.2. The number of aromatic nitrogens is 4. The van der Waals surface area contributed by atoms with E-state index < -0.39 is 0 Å². The maximum Gasteiger partial charge on any atom is 0.254 e. The Hall–Kier alpha value is -2.61. The number of hydrogen-bond acceptors (Lipinski definition) is 6. The molecule has 0 unspecified atom stereocenters. The van der Waals surface area contributed by atoms with Crippen LogP contribution in [-0.4, -0.2) is 32.4 Å². The molecule has 0 atom stereocenters. The zero-order valence-electron chi connectivity index (χ0n) is 14.8. The number of rotatable bonds is 8. The number of pyridine rings is 1. The lowest BCUT2D eigenvalue weighted by Crippen LogP contribution is -2.26. The second kappa shape index (κ2) is 8.66. The van der Waals surface area contributed by atoms with E-state index in [1.807, 2.05) is 30.8 Å². The monoisotopic (exact) mass is 371 g/mol. The smallest absolute Gasteiger partial charge is 0.254 e. The highest BCUT2D eigenvalue weighted by Crippen LogP contribution is 2.27. The molecule has 3 aromatic heterocycles. The molecular formula is C18H21N5O2S. The molecule has 0 spiro atoms. The average Bonchev–Trinajstić information content (AvgIpc) is 3.27. The highest BCUT2D eigenvalue weighted by atomic mass is 32.2. The highest BCUT2D eigenvalue weighted by Gasteiger charge is 2.15. The summed E-state index contributed by atoms with van der Waals surface area (Å²) in [4.78, 5) is 16.9. The molecule has 1 N–H and O–H groups in total. The van der Waals surface area contributed by atoms with Crippen LogP contribution in [0.15, 0.2) is 46.3 Å². The maximum atomic E-state index is 12.5. The Balaban J connectivity index is 1.56. The molecular weight excluding hydrogens is 350 g/mol. The van der Waals surface area contributed by atoms with Gasteiger partial charge in [0.05, 0.1) is 11.3 Å². The third-order valence-corrected chi connectivity index (χ3v) is 4.99. The second-order valence-corrected chi connectivity index (χ2v) is 6.79. The van der Waals surface area contributed by atoms with Crippen molar-refractivity contribution < 1.29 is 9.32 Å². The molecule has 3 rings (SSSR count). The number of carbonyl (C=O) groups excluding carboxylic acids is 1. The van der Waals surface area contributed by atoms with Crippen molar-refractivity contribution in [3.8, 4) is 0 Å². The topological polar surface area (TPSA) is 85.8 Å². The molecule has 0 saturated heterocycles. The van der Waals surface area contributed by atoms with E-state index in [0.29, 0.717) is 22.9 Å². The number of carbonyl (C=O) groups is 1. The molecule has 0 aliphatic carbocycles. The summed E-state index contributed by atoms with van der Waals surface area (Å²) in [6.45, 7) is 5.16. The van der Waals surface area contributed by atoms with Crippen molar-refractivity contribution in [1.29, 1.82) is 0 Å². The Morgan fingerprint density at radius 1 is 1.31 bits per heavy atom. The molecule has 0 aliphatic heterocycles. The number of amides is 1. The largest absolute Gasteiger partial charge is 0.361 e. The van der Waals surface area contributed by atoms with Crippen molar-refractivity contribution in [3.05, 3.63) is 59.4 Å². The minimum atomic E-state index is -0.111. The molecule has 0 radical (unpaired) electrons. The Morgan fingerprint density at radius 3 is 2.92 bits per heavy atom. The Labute approximate surface area is 156 Å². The van der Waals surface area contributed by atoms with Crippen molar-refractivity contribution >= 4 is 17.7 Å². The summed E-state index contributed by atoms with van der Waals surface area (Å²) in [5.41, 5.74) is 2.50. The molecule has 0 fully saturated rings. The average molecular weight is 371 g/mol. The number of thioether (sulfide) groups is 1. The molecule has 0 aliphatic rings. The molecule has 0 saturated carbocycles. The molecule has 7 nitrogen and oxygen atoms in total. The quantitative estimate of drug-likeness (QED) is 0.484.